The van der Waals surface area contributed by atoms with Gasteiger partial charge in [-0.3, -0.25) is 0 Å². The van der Waals surface area contributed by atoms with Crippen molar-refractivity contribution in [3.05, 3.63) is 102 Å². The molecule has 0 N–H and O–H groups in total. The molecule has 3 aromatic carbocycles. The highest BCUT2D eigenvalue weighted by Gasteiger charge is 2.20. The summed E-state index contributed by atoms with van der Waals surface area (Å²) in [6.45, 7) is 2.17. The quantitative estimate of drug-likeness (QED) is 0.392. The third-order valence-electron chi connectivity index (χ3n) is 4.43. The molecular weight excluding hydrogens is 320 g/mol. The van der Waals surface area contributed by atoms with E-state index in [1.54, 1.807) is 6.92 Å². The fraction of sp³-hybridized carbons (Fsp3) is 0.208. The maximum absolute atomic E-state index is 11.1. The molecule has 3 rings (SSSR count). The van der Waals surface area contributed by atoms with Gasteiger partial charge in [0.1, 0.15) is 11.5 Å². The van der Waals surface area contributed by atoms with Gasteiger partial charge in [-0.15, -0.1) is 0 Å². The number of Topliss-reactive ketones (excluding diaryl/α,β-unsaturated/α-hetero) is 1. The molecule has 0 saturated carbocycles. The van der Waals surface area contributed by atoms with Gasteiger partial charge in [0.05, 0.1) is 6.61 Å². The summed E-state index contributed by atoms with van der Waals surface area (Å²) in [7, 11) is 0. The van der Waals surface area contributed by atoms with E-state index in [2.05, 4.69) is 60.7 Å². The normalized spacial score (nSPS) is 10.7. The molecule has 0 unspecified atom stereocenters. The molecule has 0 radical (unpaired) electrons. The summed E-state index contributed by atoms with van der Waals surface area (Å²) in [4.78, 5) is 11.1. The Morgan fingerprint density at radius 3 is 1.92 bits per heavy atom. The highest BCUT2D eigenvalue weighted by molar-refractivity contribution is 5.75. The number of hydrogen-bond donors (Lipinski definition) is 0. The van der Waals surface area contributed by atoms with Gasteiger partial charge in [0.2, 0.25) is 0 Å². The minimum Gasteiger partial charge on any atom is -0.493 e. The van der Waals surface area contributed by atoms with E-state index in [0.29, 0.717) is 13.0 Å². The number of carbonyl (C=O) groups is 1. The van der Waals surface area contributed by atoms with Crippen LogP contribution in [0.2, 0.25) is 0 Å². The van der Waals surface area contributed by atoms with Crippen molar-refractivity contribution in [2.75, 3.05) is 6.61 Å². The van der Waals surface area contributed by atoms with Crippen LogP contribution < -0.4 is 4.74 Å². The SMILES string of the molecule is CC(=O)CCCOc1ccccc1C(c1ccccc1)c1ccccc1. The van der Waals surface area contributed by atoms with Crippen LogP contribution in [0.5, 0.6) is 5.75 Å². The van der Waals surface area contributed by atoms with Gasteiger partial charge in [-0.05, 0) is 30.5 Å². The van der Waals surface area contributed by atoms with Crippen molar-refractivity contribution in [2.24, 2.45) is 0 Å². The Morgan fingerprint density at radius 1 is 0.808 bits per heavy atom. The zero-order valence-corrected chi connectivity index (χ0v) is 15.1. The molecule has 2 nitrogen and oxygen atoms in total. The highest BCUT2D eigenvalue weighted by Crippen LogP contribution is 2.37. The van der Waals surface area contributed by atoms with Crippen LogP contribution in [0.4, 0.5) is 0 Å². The second kappa shape index (κ2) is 9.00. The van der Waals surface area contributed by atoms with E-state index in [4.69, 9.17) is 4.74 Å². The lowest BCUT2D eigenvalue weighted by Crippen LogP contribution is -2.08. The molecule has 0 spiro atoms. The predicted octanol–water partition coefficient (Wildman–Crippen LogP) is 5.61. The van der Waals surface area contributed by atoms with E-state index in [1.165, 1.54) is 11.1 Å². The zero-order chi connectivity index (χ0) is 18.2. The molecule has 3 aromatic rings. The van der Waals surface area contributed by atoms with Crippen LogP contribution in [0.1, 0.15) is 42.4 Å². The van der Waals surface area contributed by atoms with Crippen LogP contribution in [0.3, 0.4) is 0 Å². The maximum atomic E-state index is 11.1. The number of carbonyl (C=O) groups excluding carboxylic acids is 1. The second-order valence-electron chi connectivity index (χ2n) is 6.45. The largest absolute Gasteiger partial charge is 0.493 e. The first-order valence-electron chi connectivity index (χ1n) is 9.07. The van der Waals surface area contributed by atoms with E-state index in [9.17, 15) is 4.79 Å². The summed E-state index contributed by atoms with van der Waals surface area (Å²) in [5.41, 5.74) is 3.62. The van der Waals surface area contributed by atoms with Crippen molar-refractivity contribution in [1.29, 1.82) is 0 Å². The molecule has 0 aliphatic heterocycles. The zero-order valence-electron chi connectivity index (χ0n) is 15.1. The number of ether oxygens (including phenoxy) is 1. The average molecular weight is 344 g/mol. The smallest absolute Gasteiger partial charge is 0.129 e. The van der Waals surface area contributed by atoms with Crippen LogP contribution in [-0.4, -0.2) is 12.4 Å². The van der Waals surface area contributed by atoms with E-state index >= 15 is 0 Å². The fourth-order valence-corrected chi connectivity index (χ4v) is 3.20. The van der Waals surface area contributed by atoms with Gasteiger partial charge in [-0.2, -0.15) is 0 Å². The Morgan fingerprint density at radius 2 is 1.35 bits per heavy atom. The van der Waals surface area contributed by atoms with Crippen molar-refractivity contribution in [3.63, 3.8) is 0 Å². The maximum Gasteiger partial charge on any atom is 0.129 e. The van der Waals surface area contributed by atoms with Gasteiger partial charge in [0.15, 0.2) is 0 Å². The summed E-state index contributed by atoms with van der Waals surface area (Å²) >= 11 is 0. The summed E-state index contributed by atoms with van der Waals surface area (Å²) in [6.07, 6.45) is 1.30. The minimum atomic E-state index is 0.112. The molecule has 26 heavy (non-hydrogen) atoms. The monoisotopic (exact) mass is 344 g/mol. The molecule has 2 heteroatoms. The molecule has 0 heterocycles. The van der Waals surface area contributed by atoms with Gasteiger partial charge in [-0.1, -0.05) is 78.9 Å². The van der Waals surface area contributed by atoms with E-state index in [-0.39, 0.29) is 11.7 Å². The minimum absolute atomic E-state index is 0.112. The summed E-state index contributed by atoms with van der Waals surface area (Å²) < 4.78 is 6.06. The number of para-hydroxylation sites is 1. The summed E-state index contributed by atoms with van der Waals surface area (Å²) in [5, 5.41) is 0. The number of hydrogen-bond acceptors (Lipinski definition) is 2. The average Bonchev–Trinajstić information content (AvgIpc) is 2.68. The molecule has 0 amide bonds. The first-order chi connectivity index (χ1) is 12.8. The van der Waals surface area contributed by atoms with E-state index < -0.39 is 0 Å². The van der Waals surface area contributed by atoms with Crippen molar-refractivity contribution in [1.82, 2.24) is 0 Å². The Hall–Kier alpha value is -2.87. The van der Waals surface area contributed by atoms with E-state index in [0.717, 1.165) is 17.7 Å². The highest BCUT2D eigenvalue weighted by atomic mass is 16.5. The Balaban J connectivity index is 1.93. The van der Waals surface area contributed by atoms with Crippen molar-refractivity contribution >= 4 is 5.78 Å². The standard InChI is InChI=1S/C24H24O2/c1-19(25)11-10-18-26-23-17-9-8-16-22(23)24(20-12-4-2-5-13-20)21-14-6-3-7-15-21/h2-9,12-17,24H,10-11,18H2,1H3. The number of benzene rings is 3. The van der Waals surface area contributed by atoms with Crippen molar-refractivity contribution < 1.29 is 9.53 Å². The first-order valence-corrected chi connectivity index (χ1v) is 9.07. The summed E-state index contributed by atoms with van der Waals surface area (Å²) in [6, 6.07) is 29.2. The van der Waals surface area contributed by atoms with Crippen LogP contribution in [-0.2, 0) is 4.79 Å². The van der Waals surface area contributed by atoms with Crippen LogP contribution in [0, 0.1) is 0 Å². The van der Waals surface area contributed by atoms with Crippen molar-refractivity contribution in [3.8, 4) is 5.75 Å². The molecule has 0 aliphatic carbocycles. The Bertz CT molecular complexity index is 786. The molecule has 132 valence electrons. The topological polar surface area (TPSA) is 26.3 Å². The van der Waals surface area contributed by atoms with Gasteiger partial charge in [0.25, 0.3) is 0 Å². The van der Waals surface area contributed by atoms with Gasteiger partial charge >= 0.3 is 0 Å². The van der Waals surface area contributed by atoms with Gasteiger partial charge < -0.3 is 9.53 Å². The third-order valence-corrected chi connectivity index (χ3v) is 4.43. The Labute approximate surface area is 155 Å². The lowest BCUT2D eigenvalue weighted by molar-refractivity contribution is -0.117. The van der Waals surface area contributed by atoms with Gasteiger partial charge in [-0.25, -0.2) is 0 Å². The molecule has 0 bridgehead atoms. The number of ketones is 1. The molecule has 0 fully saturated rings. The molecular formula is C24H24O2. The van der Waals surface area contributed by atoms with Crippen LogP contribution in [0.25, 0.3) is 0 Å². The second-order valence-corrected chi connectivity index (χ2v) is 6.45. The number of rotatable bonds is 8. The van der Waals surface area contributed by atoms with E-state index in [1.807, 2.05) is 24.3 Å². The lowest BCUT2D eigenvalue weighted by atomic mass is 9.85. The molecule has 0 aliphatic rings. The Kier molecular flexibility index (Phi) is 6.21. The predicted molar refractivity (Wildman–Crippen MR) is 106 cm³/mol. The van der Waals surface area contributed by atoms with Crippen LogP contribution >= 0.6 is 0 Å². The van der Waals surface area contributed by atoms with Crippen molar-refractivity contribution in [2.45, 2.75) is 25.7 Å². The third kappa shape index (κ3) is 4.60. The van der Waals surface area contributed by atoms with Gasteiger partial charge in [0, 0.05) is 17.9 Å². The fourth-order valence-electron chi connectivity index (χ4n) is 3.20. The first kappa shape index (κ1) is 17.9. The molecule has 0 aromatic heterocycles. The molecule has 0 atom stereocenters. The lowest BCUT2D eigenvalue weighted by Gasteiger charge is -2.22. The summed E-state index contributed by atoms with van der Waals surface area (Å²) in [5.74, 6) is 1.20. The van der Waals surface area contributed by atoms with Crippen LogP contribution in [0.15, 0.2) is 84.9 Å². The molecule has 0 saturated heterocycles.